The summed E-state index contributed by atoms with van der Waals surface area (Å²) < 4.78 is 22.6. The van der Waals surface area contributed by atoms with Crippen molar-refractivity contribution < 1.29 is 38.7 Å². The van der Waals surface area contributed by atoms with Gasteiger partial charge in [0, 0.05) is 47.8 Å². The van der Waals surface area contributed by atoms with E-state index < -0.39 is 18.1 Å². The lowest BCUT2D eigenvalue weighted by molar-refractivity contribution is -0.132. The number of phenolic OH excluding ortho intramolecular Hbond substituents is 2. The Hall–Kier alpha value is -4.99. The first-order valence-electron chi connectivity index (χ1n) is 16.0. The van der Waals surface area contributed by atoms with E-state index in [1.54, 1.807) is 31.2 Å². The number of amides is 1. The Bertz CT molecular complexity index is 1870. The molecule has 250 valence electrons. The number of hydrogen-bond acceptors (Lipinski definition) is 11. The van der Waals surface area contributed by atoms with Gasteiger partial charge in [0.25, 0.3) is 0 Å². The Balaban J connectivity index is 1.30. The van der Waals surface area contributed by atoms with Gasteiger partial charge in [-0.25, -0.2) is 0 Å². The number of rotatable bonds is 6. The van der Waals surface area contributed by atoms with E-state index >= 15 is 0 Å². The molecule has 1 saturated heterocycles. The summed E-state index contributed by atoms with van der Waals surface area (Å²) in [6.07, 6.45) is 0.983. The van der Waals surface area contributed by atoms with Crippen LogP contribution in [-0.4, -0.2) is 77.5 Å². The molecule has 1 amide bonds. The number of benzene rings is 3. The van der Waals surface area contributed by atoms with Gasteiger partial charge in [0.2, 0.25) is 12.7 Å². The first kappa shape index (κ1) is 31.6. The number of aryl methyl sites for hydroxylation is 1. The molecule has 12 nitrogen and oxygen atoms in total. The molecule has 0 aliphatic carbocycles. The van der Waals surface area contributed by atoms with Gasteiger partial charge in [-0.1, -0.05) is 18.2 Å². The van der Waals surface area contributed by atoms with Gasteiger partial charge in [-0.3, -0.25) is 19.4 Å². The van der Waals surface area contributed by atoms with Crippen LogP contribution in [0.3, 0.4) is 0 Å². The Morgan fingerprint density at radius 1 is 1.06 bits per heavy atom. The summed E-state index contributed by atoms with van der Waals surface area (Å²) in [5.41, 5.74) is 5.21. The lowest BCUT2D eigenvalue weighted by Gasteiger charge is -2.60. The lowest BCUT2D eigenvalue weighted by Crippen LogP contribution is -2.68. The molecule has 4 aliphatic heterocycles. The number of nitrogens with one attached hydrogen (secondary N) is 1. The largest absolute Gasteiger partial charge is 0.507 e. The van der Waals surface area contributed by atoms with Crippen molar-refractivity contribution in [3.63, 3.8) is 0 Å². The van der Waals surface area contributed by atoms with E-state index in [1.165, 1.54) is 14.0 Å². The van der Waals surface area contributed by atoms with E-state index in [0.29, 0.717) is 52.5 Å². The minimum atomic E-state index is -0.584. The average Bonchev–Trinajstić information content (AvgIpc) is 3.54. The van der Waals surface area contributed by atoms with Crippen molar-refractivity contribution in [2.75, 3.05) is 27.5 Å². The first-order valence-corrected chi connectivity index (χ1v) is 16.0. The standard InChI is InChI=1S/C36H38N4O8/c1-17-10-21-12-24-26(14-37)40-25(31(39(24)4)29(21)33(44)34(17)45-5)13-23-30(36-35(46-16-47-36)18(2)32(23)43)27(40)15-38-28(42)11-20-6-8-22(9-7-20)48-19(3)41/h6-10,24-27,31,43-44H,11-13,15-16H2,1-5H3,(H,38,42)/t24?,25?,26?,27-,31-/m0/s1. The van der Waals surface area contributed by atoms with Gasteiger partial charge in [-0.05, 0) is 62.6 Å². The van der Waals surface area contributed by atoms with Crippen molar-refractivity contribution in [3.8, 4) is 40.6 Å². The smallest absolute Gasteiger partial charge is 0.308 e. The summed E-state index contributed by atoms with van der Waals surface area (Å²) in [7, 11) is 3.52. The highest BCUT2D eigenvalue weighted by Crippen LogP contribution is 2.58. The lowest BCUT2D eigenvalue weighted by atomic mass is 9.71. The number of hydrogen-bond donors (Lipinski definition) is 3. The molecule has 3 N–H and O–H groups in total. The molecule has 1 fully saturated rings. The summed E-state index contributed by atoms with van der Waals surface area (Å²) in [5.74, 6) is 1.29. The van der Waals surface area contributed by atoms with E-state index in [0.717, 1.165) is 22.3 Å². The Morgan fingerprint density at radius 3 is 2.48 bits per heavy atom. The van der Waals surface area contributed by atoms with Crippen molar-refractivity contribution in [3.05, 3.63) is 69.3 Å². The Labute approximate surface area is 278 Å². The Morgan fingerprint density at radius 2 is 1.79 bits per heavy atom. The van der Waals surface area contributed by atoms with Crippen LogP contribution in [-0.2, 0) is 28.9 Å². The van der Waals surface area contributed by atoms with Crippen molar-refractivity contribution in [1.82, 2.24) is 15.1 Å². The number of nitrogens with zero attached hydrogens (tertiary/aromatic N) is 3. The number of carbonyl (C=O) groups excluding carboxylic acids is 2. The second-order valence-electron chi connectivity index (χ2n) is 13.0. The summed E-state index contributed by atoms with van der Waals surface area (Å²) in [6.45, 7) is 5.13. The van der Waals surface area contributed by atoms with E-state index in [1.807, 2.05) is 20.0 Å². The van der Waals surface area contributed by atoms with Crippen LogP contribution in [0.4, 0.5) is 0 Å². The molecule has 0 saturated carbocycles. The molecule has 0 aromatic heterocycles. The maximum absolute atomic E-state index is 13.4. The zero-order valence-electron chi connectivity index (χ0n) is 27.5. The van der Waals surface area contributed by atoms with Gasteiger partial charge < -0.3 is 34.5 Å². The van der Waals surface area contributed by atoms with Crippen LogP contribution in [0.2, 0.25) is 0 Å². The molecule has 0 spiro atoms. The van der Waals surface area contributed by atoms with E-state index in [9.17, 15) is 25.1 Å². The predicted octanol–water partition coefficient (Wildman–Crippen LogP) is 3.51. The highest BCUT2D eigenvalue weighted by molar-refractivity contribution is 5.79. The molecule has 7 rings (SSSR count). The zero-order valence-corrected chi connectivity index (χ0v) is 27.5. The van der Waals surface area contributed by atoms with Crippen LogP contribution in [0.1, 0.15) is 58.0 Å². The fourth-order valence-corrected chi connectivity index (χ4v) is 8.34. The highest BCUT2D eigenvalue weighted by atomic mass is 16.7. The van der Waals surface area contributed by atoms with Crippen molar-refractivity contribution >= 4 is 11.9 Å². The maximum Gasteiger partial charge on any atom is 0.308 e. The molecular weight excluding hydrogens is 616 g/mol. The second-order valence-corrected chi connectivity index (χ2v) is 13.0. The molecular formula is C36H38N4O8. The third-order valence-corrected chi connectivity index (χ3v) is 10.3. The van der Waals surface area contributed by atoms with E-state index in [4.69, 9.17) is 18.9 Å². The average molecular weight is 655 g/mol. The molecule has 4 heterocycles. The molecule has 4 aliphatic rings. The van der Waals surface area contributed by atoms with E-state index in [-0.39, 0.29) is 55.3 Å². The molecule has 48 heavy (non-hydrogen) atoms. The molecule has 3 aromatic carbocycles. The molecule has 2 bridgehead atoms. The number of ether oxygens (including phenoxy) is 4. The number of nitriles is 1. The maximum atomic E-state index is 13.4. The summed E-state index contributed by atoms with van der Waals surface area (Å²) in [6, 6.07) is 9.31. The SMILES string of the molecule is COc1c(C)cc2c(c1O)[C@@H]1C3Cc4c(O)c(C)c5c(c4[C@H](CNC(=O)Cc4ccc(OC(C)=O)cc4)N3C(C#N)C(C2)N1C)OCO5. The topological polar surface area (TPSA) is 154 Å². The van der Waals surface area contributed by atoms with Crippen LogP contribution in [0, 0.1) is 25.2 Å². The Kier molecular flexibility index (Phi) is 7.84. The first-order chi connectivity index (χ1) is 23.0. The predicted molar refractivity (Wildman–Crippen MR) is 172 cm³/mol. The minimum absolute atomic E-state index is 0.00598. The number of piperazine rings is 1. The van der Waals surface area contributed by atoms with Crippen LogP contribution in [0.5, 0.6) is 34.5 Å². The second kappa shape index (κ2) is 11.9. The zero-order chi connectivity index (χ0) is 34.0. The normalized spacial score (nSPS) is 23.7. The summed E-state index contributed by atoms with van der Waals surface area (Å²) in [5, 5.41) is 37.1. The number of carbonyl (C=O) groups is 2. The van der Waals surface area contributed by atoms with Gasteiger partial charge in [-0.2, -0.15) is 5.26 Å². The fourth-order valence-electron chi connectivity index (χ4n) is 8.34. The molecule has 3 unspecified atom stereocenters. The molecule has 5 atom stereocenters. The number of aromatic hydroxyl groups is 2. The van der Waals surface area contributed by atoms with Gasteiger partial charge >= 0.3 is 5.97 Å². The van der Waals surface area contributed by atoms with Crippen molar-refractivity contribution in [2.45, 2.75) is 70.2 Å². The van der Waals surface area contributed by atoms with Crippen molar-refractivity contribution in [2.24, 2.45) is 0 Å². The number of methoxy groups -OCH3 is 1. The van der Waals surface area contributed by atoms with Gasteiger partial charge in [0.05, 0.1) is 31.7 Å². The molecule has 12 heteroatoms. The highest BCUT2D eigenvalue weighted by Gasteiger charge is 2.56. The van der Waals surface area contributed by atoms with Gasteiger partial charge in [0.1, 0.15) is 17.5 Å². The third kappa shape index (κ3) is 4.88. The fraction of sp³-hybridized carbons (Fsp3) is 0.417. The molecule has 0 radical (unpaired) electrons. The quantitative estimate of drug-likeness (QED) is 0.264. The monoisotopic (exact) mass is 654 g/mol. The van der Waals surface area contributed by atoms with Gasteiger partial charge in [-0.15, -0.1) is 0 Å². The summed E-state index contributed by atoms with van der Waals surface area (Å²) in [4.78, 5) is 29.0. The van der Waals surface area contributed by atoms with Crippen LogP contribution >= 0.6 is 0 Å². The number of fused-ring (bicyclic) bond motifs is 9. The summed E-state index contributed by atoms with van der Waals surface area (Å²) >= 11 is 0. The number of phenols is 2. The number of esters is 1. The van der Waals surface area contributed by atoms with Crippen molar-refractivity contribution in [1.29, 1.82) is 5.26 Å². The van der Waals surface area contributed by atoms with Crippen LogP contribution in [0.15, 0.2) is 30.3 Å². The van der Waals surface area contributed by atoms with Crippen LogP contribution < -0.4 is 24.3 Å². The number of likely N-dealkylation sites (N-methyl/N-ethyl adjacent to an activating group) is 1. The minimum Gasteiger partial charge on any atom is -0.507 e. The van der Waals surface area contributed by atoms with Gasteiger partial charge in [0.15, 0.2) is 23.0 Å². The van der Waals surface area contributed by atoms with Crippen LogP contribution in [0.25, 0.3) is 0 Å². The third-order valence-electron chi connectivity index (χ3n) is 10.3. The molecule has 3 aromatic rings. The van der Waals surface area contributed by atoms with E-state index in [2.05, 4.69) is 21.2 Å².